The Morgan fingerprint density at radius 1 is 1.38 bits per heavy atom. The lowest BCUT2D eigenvalue weighted by atomic mass is 10.2. The van der Waals surface area contributed by atoms with Gasteiger partial charge in [0.05, 0.1) is 11.5 Å². The predicted molar refractivity (Wildman–Crippen MR) is 81.5 cm³/mol. The van der Waals surface area contributed by atoms with Crippen LogP contribution < -0.4 is 5.32 Å². The highest BCUT2D eigenvalue weighted by Gasteiger charge is 2.21. The number of rotatable bonds is 6. The Morgan fingerprint density at radius 3 is 2.90 bits per heavy atom. The van der Waals surface area contributed by atoms with E-state index < -0.39 is 0 Å². The Hall–Kier alpha value is -1.85. The maximum absolute atomic E-state index is 11.1. The summed E-state index contributed by atoms with van der Waals surface area (Å²) in [5.74, 6) is 0. The van der Waals surface area contributed by atoms with Crippen LogP contribution in [0.15, 0.2) is 36.5 Å². The molecule has 2 aromatic rings. The molecule has 0 radical (unpaired) electrons. The molecule has 1 fully saturated rings. The molecule has 5 nitrogen and oxygen atoms in total. The summed E-state index contributed by atoms with van der Waals surface area (Å²) in [4.78, 5) is 10.8. The zero-order valence-corrected chi connectivity index (χ0v) is 12.2. The Labute approximate surface area is 127 Å². The number of benzene rings is 1. The van der Waals surface area contributed by atoms with Gasteiger partial charge in [0.1, 0.15) is 0 Å². The van der Waals surface area contributed by atoms with Crippen molar-refractivity contribution in [3.63, 3.8) is 0 Å². The van der Waals surface area contributed by atoms with Crippen LogP contribution in [0.4, 0.5) is 5.69 Å². The molecule has 3 rings (SSSR count). The number of hydrogen-bond acceptors (Lipinski definition) is 3. The number of nitrogens with one attached hydrogen (secondary N) is 1. The molecule has 0 saturated heterocycles. The van der Waals surface area contributed by atoms with Crippen LogP contribution in [0.25, 0.3) is 0 Å². The van der Waals surface area contributed by atoms with Gasteiger partial charge in [0, 0.05) is 41.1 Å². The summed E-state index contributed by atoms with van der Waals surface area (Å²) in [7, 11) is 0. The van der Waals surface area contributed by atoms with Crippen LogP contribution in [0.3, 0.4) is 0 Å². The van der Waals surface area contributed by atoms with Crippen LogP contribution in [0.5, 0.6) is 0 Å². The fourth-order valence-electron chi connectivity index (χ4n) is 2.32. The number of aromatic nitrogens is 1. The zero-order valence-electron chi connectivity index (χ0n) is 11.5. The maximum atomic E-state index is 11.1. The Balaban J connectivity index is 1.80. The van der Waals surface area contributed by atoms with E-state index in [4.69, 9.17) is 11.6 Å². The highest BCUT2D eigenvalue weighted by atomic mass is 35.5. The van der Waals surface area contributed by atoms with Crippen LogP contribution in [0, 0.1) is 10.1 Å². The lowest BCUT2D eigenvalue weighted by molar-refractivity contribution is -0.385. The van der Waals surface area contributed by atoms with Gasteiger partial charge >= 0.3 is 0 Å². The van der Waals surface area contributed by atoms with E-state index in [-0.39, 0.29) is 10.6 Å². The summed E-state index contributed by atoms with van der Waals surface area (Å²) in [6, 6.07) is 9.46. The third-order valence-corrected chi connectivity index (χ3v) is 3.89. The number of nitrogens with zero attached hydrogens (tertiary/aromatic N) is 2. The molecule has 6 heteroatoms. The molecule has 1 aromatic heterocycles. The second-order valence-electron chi connectivity index (χ2n) is 5.31. The lowest BCUT2D eigenvalue weighted by Crippen LogP contribution is -2.18. The van der Waals surface area contributed by atoms with Gasteiger partial charge in [-0.15, -0.1) is 0 Å². The number of hydrogen-bond donors (Lipinski definition) is 1. The van der Waals surface area contributed by atoms with Crippen LogP contribution >= 0.6 is 11.6 Å². The molecular weight excluding hydrogens is 290 g/mol. The van der Waals surface area contributed by atoms with Crippen molar-refractivity contribution in [2.45, 2.75) is 32.0 Å². The molecule has 1 aliphatic rings. The van der Waals surface area contributed by atoms with E-state index in [1.54, 1.807) is 12.1 Å². The minimum atomic E-state index is -0.382. The number of nitro groups is 1. The summed E-state index contributed by atoms with van der Waals surface area (Å²) >= 11 is 5.84. The highest BCUT2D eigenvalue weighted by Crippen LogP contribution is 2.25. The van der Waals surface area contributed by atoms with Gasteiger partial charge in [0.2, 0.25) is 0 Å². The normalized spacial score (nSPS) is 14.3. The van der Waals surface area contributed by atoms with Gasteiger partial charge in [-0.2, -0.15) is 0 Å². The molecule has 1 aromatic carbocycles. The topological polar surface area (TPSA) is 60.1 Å². The van der Waals surface area contributed by atoms with Crippen molar-refractivity contribution in [1.29, 1.82) is 0 Å². The van der Waals surface area contributed by atoms with Crippen LogP contribution in [-0.2, 0) is 13.1 Å². The van der Waals surface area contributed by atoms with E-state index in [1.165, 1.54) is 18.9 Å². The fraction of sp³-hybridized carbons (Fsp3) is 0.333. The Morgan fingerprint density at radius 2 is 2.19 bits per heavy atom. The maximum Gasteiger partial charge on any atom is 0.275 e. The molecule has 0 atom stereocenters. The van der Waals surface area contributed by atoms with Gasteiger partial charge in [-0.3, -0.25) is 10.1 Å². The quantitative estimate of drug-likeness (QED) is 0.657. The second kappa shape index (κ2) is 5.87. The second-order valence-corrected chi connectivity index (χ2v) is 5.75. The Bertz CT molecular complexity index is 665. The van der Waals surface area contributed by atoms with Gasteiger partial charge in [0.25, 0.3) is 5.69 Å². The standard InChI is InChI=1S/C15H16ClN3O2/c16-12-4-3-11(15(8-12)19(20)21)10-18-7-1-2-14(18)9-17-13-5-6-13/h1-4,7-8,13,17H,5-6,9-10H2. The summed E-state index contributed by atoms with van der Waals surface area (Å²) in [5, 5.41) is 15.0. The van der Waals surface area contributed by atoms with Crippen molar-refractivity contribution in [3.8, 4) is 0 Å². The van der Waals surface area contributed by atoms with Crippen molar-refractivity contribution < 1.29 is 4.92 Å². The zero-order chi connectivity index (χ0) is 14.8. The minimum Gasteiger partial charge on any atom is -0.346 e. The molecule has 1 saturated carbocycles. The van der Waals surface area contributed by atoms with Crippen molar-refractivity contribution in [1.82, 2.24) is 9.88 Å². The highest BCUT2D eigenvalue weighted by molar-refractivity contribution is 6.30. The van der Waals surface area contributed by atoms with E-state index in [0.29, 0.717) is 23.2 Å². The molecule has 0 unspecified atom stereocenters. The predicted octanol–water partition coefficient (Wildman–Crippen LogP) is 3.35. The number of nitro benzene ring substituents is 1. The van der Waals surface area contributed by atoms with Crippen molar-refractivity contribution in [3.05, 3.63) is 62.9 Å². The van der Waals surface area contributed by atoms with E-state index in [0.717, 1.165) is 12.2 Å². The van der Waals surface area contributed by atoms with Crippen LogP contribution in [-0.4, -0.2) is 15.5 Å². The first-order valence-electron chi connectivity index (χ1n) is 6.93. The molecule has 110 valence electrons. The van der Waals surface area contributed by atoms with Gasteiger partial charge in [-0.1, -0.05) is 11.6 Å². The SMILES string of the molecule is O=[N+]([O-])c1cc(Cl)ccc1Cn1cccc1CNC1CC1. The molecule has 0 spiro atoms. The monoisotopic (exact) mass is 305 g/mol. The first-order chi connectivity index (χ1) is 10.1. The molecule has 1 aliphatic carbocycles. The van der Waals surface area contributed by atoms with Crippen LogP contribution in [0.2, 0.25) is 5.02 Å². The van der Waals surface area contributed by atoms with E-state index in [1.807, 2.05) is 22.9 Å². The molecule has 21 heavy (non-hydrogen) atoms. The third kappa shape index (κ3) is 3.43. The van der Waals surface area contributed by atoms with E-state index >= 15 is 0 Å². The van der Waals surface area contributed by atoms with Gasteiger partial charge in [-0.25, -0.2) is 0 Å². The molecule has 1 heterocycles. The molecule has 0 amide bonds. The smallest absolute Gasteiger partial charge is 0.275 e. The van der Waals surface area contributed by atoms with Gasteiger partial charge < -0.3 is 9.88 Å². The third-order valence-electron chi connectivity index (χ3n) is 3.66. The lowest BCUT2D eigenvalue weighted by Gasteiger charge is -2.10. The Kier molecular flexibility index (Phi) is 3.94. The summed E-state index contributed by atoms with van der Waals surface area (Å²) < 4.78 is 2.03. The van der Waals surface area contributed by atoms with E-state index in [9.17, 15) is 10.1 Å². The molecule has 1 N–H and O–H groups in total. The molecule has 0 bridgehead atoms. The number of halogens is 1. The van der Waals surface area contributed by atoms with Gasteiger partial charge in [0.15, 0.2) is 0 Å². The van der Waals surface area contributed by atoms with Crippen LogP contribution in [0.1, 0.15) is 24.1 Å². The van der Waals surface area contributed by atoms with Crippen molar-refractivity contribution >= 4 is 17.3 Å². The van der Waals surface area contributed by atoms with Crippen molar-refractivity contribution in [2.75, 3.05) is 0 Å². The minimum absolute atomic E-state index is 0.0669. The van der Waals surface area contributed by atoms with E-state index in [2.05, 4.69) is 5.32 Å². The first-order valence-corrected chi connectivity index (χ1v) is 7.31. The molecular formula is C15H16ClN3O2. The fourth-order valence-corrected chi connectivity index (χ4v) is 2.49. The summed E-state index contributed by atoms with van der Waals surface area (Å²) in [6.45, 7) is 1.27. The summed E-state index contributed by atoms with van der Waals surface area (Å²) in [5.41, 5.74) is 1.86. The largest absolute Gasteiger partial charge is 0.346 e. The average Bonchev–Trinajstić information content (AvgIpc) is 3.18. The summed E-state index contributed by atoms with van der Waals surface area (Å²) in [6.07, 6.45) is 4.43. The van der Waals surface area contributed by atoms with Gasteiger partial charge in [-0.05, 0) is 37.1 Å². The molecule has 0 aliphatic heterocycles. The average molecular weight is 306 g/mol. The first kappa shape index (κ1) is 14.1. The van der Waals surface area contributed by atoms with Crippen molar-refractivity contribution in [2.24, 2.45) is 0 Å².